The summed E-state index contributed by atoms with van der Waals surface area (Å²) < 4.78 is 6.21. The van der Waals surface area contributed by atoms with Gasteiger partial charge in [-0.3, -0.25) is 9.59 Å². The standard InChI is InChI=1S/C22H29N3O3/c1-3-7-18(20(23)26)10-13-24-14-11-22(12-15-24)16-25(21(27)17(2)28-22)19-8-5-4-6-9-19/h3-9,17H,1,10-16H2,2H3,(H2,23,26)/b18-7-. The first-order valence-corrected chi connectivity index (χ1v) is 9.82. The highest BCUT2D eigenvalue weighted by Crippen LogP contribution is 2.35. The van der Waals surface area contributed by atoms with Gasteiger partial charge in [0.1, 0.15) is 6.10 Å². The van der Waals surface area contributed by atoms with E-state index in [4.69, 9.17) is 10.5 Å². The molecule has 150 valence electrons. The number of nitrogens with two attached hydrogens (primary N) is 1. The van der Waals surface area contributed by atoms with Crippen LogP contribution in [-0.4, -0.2) is 54.6 Å². The Morgan fingerprint density at radius 2 is 2.00 bits per heavy atom. The van der Waals surface area contributed by atoms with Crippen LogP contribution in [0.1, 0.15) is 26.2 Å². The SMILES string of the molecule is C=C/C=C(/CCN1CCC2(CC1)CN(c1ccccc1)C(=O)C(C)O2)C(N)=O. The highest BCUT2D eigenvalue weighted by atomic mass is 16.5. The molecule has 1 aromatic rings. The van der Waals surface area contributed by atoms with Gasteiger partial charge in [0.2, 0.25) is 5.91 Å². The number of carbonyl (C=O) groups is 2. The number of likely N-dealkylation sites (tertiary alicyclic amines) is 1. The van der Waals surface area contributed by atoms with E-state index >= 15 is 0 Å². The maximum Gasteiger partial charge on any atom is 0.255 e. The Hall–Kier alpha value is -2.44. The molecular weight excluding hydrogens is 354 g/mol. The van der Waals surface area contributed by atoms with E-state index in [-0.39, 0.29) is 11.5 Å². The third-order valence-corrected chi connectivity index (χ3v) is 5.65. The molecule has 2 fully saturated rings. The molecule has 2 N–H and O–H groups in total. The maximum absolute atomic E-state index is 12.7. The fourth-order valence-electron chi connectivity index (χ4n) is 4.04. The van der Waals surface area contributed by atoms with E-state index in [1.54, 1.807) is 12.2 Å². The number of para-hydroxylation sites is 1. The lowest BCUT2D eigenvalue weighted by Crippen LogP contribution is -2.61. The Kier molecular flexibility index (Phi) is 6.31. The van der Waals surface area contributed by atoms with E-state index in [1.165, 1.54) is 0 Å². The molecule has 2 saturated heterocycles. The number of benzene rings is 1. The minimum atomic E-state index is -0.447. The largest absolute Gasteiger partial charge is 0.366 e. The van der Waals surface area contributed by atoms with Crippen LogP contribution in [-0.2, 0) is 14.3 Å². The Balaban J connectivity index is 1.62. The number of primary amides is 1. The van der Waals surface area contributed by atoms with Crippen molar-refractivity contribution in [2.24, 2.45) is 5.73 Å². The molecule has 2 amide bonds. The minimum absolute atomic E-state index is 0.0138. The van der Waals surface area contributed by atoms with Gasteiger partial charge in [-0.15, -0.1) is 0 Å². The van der Waals surface area contributed by atoms with Crippen molar-refractivity contribution < 1.29 is 14.3 Å². The van der Waals surface area contributed by atoms with Crippen molar-refractivity contribution in [1.82, 2.24) is 4.90 Å². The topological polar surface area (TPSA) is 75.9 Å². The number of amides is 2. The van der Waals surface area contributed by atoms with Crippen LogP contribution in [0.2, 0.25) is 0 Å². The van der Waals surface area contributed by atoms with Crippen molar-refractivity contribution in [2.75, 3.05) is 31.1 Å². The van der Waals surface area contributed by atoms with E-state index in [1.807, 2.05) is 42.2 Å². The quantitative estimate of drug-likeness (QED) is 0.604. The number of nitrogens with zero attached hydrogens (tertiary/aromatic N) is 2. The first-order valence-electron chi connectivity index (χ1n) is 9.82. The van der Waals surface area contributed by atoms with Crippen LogP contribution in [0.25, 0.3) is 0 Å². The third kappa shape index (κ3) is 4.51. The summed E-state index contributed by atoms with van der Waals surface area (Å²) in [6, 6.07) is 9.79. The summed E-state index contributed by atoms with van der Waals surface area (Å²) >= 11 is 0. The maximum atomic E-state index is 12.7. The average molecular weight is 383 g/mol. The summed E-state index contributed by atoms with van der Waals surface area (Å²) in [7, 11) is 0. The van der Waals surface area contributed by atoms with Crippen molar-refractivity contribution in [2.45, 2.75) is 37.9 Å². The summed E-state index contributed by atoms with van der Waals surface area (Å²) in [6.45, 7) is 8.55. The number of hydrogen-bond donors (Lipinski definition) is 1. The van der Waals surface area contributed by atoms with Crippen LogP contribution in [0.4, 0.5) is 5.69 Å². The lowest BCUT2D eigenvalue weighted by Gasteiger charge is -2.49. The predicted molar refractivity (Wildman–Crippen MR) is 110 cm³/mol. The molecule has 1 atom stereocenters. The molecule has 1 unspecified atom stereocenters. The number of morpholine rings is 1. The molecule has 1 aromatic carbocycles. The molecular formula is C22H29N3O3. The van der Waals surface area contributed by atoms with Gasteiger partial charge in [0.05, 0.1) is 12.1 Å². The Morgan fingerprint density at radius 3 is 2.61 bits per heavy atom. The molecule has 2 heterocycles. The number of rotatable bonds is 6. The molecule has 0 radical (unpaired) electrons. The molecule has 28 heavy (non-hydrogen) atoms. The monoisotopic (exact) mass is 383 g/mol. The molecule has 0 aliphatic carbocycles. The number of hydrogen-bond acceptors (Lipinski definition) is 4. The molecule has 6 heteroatoms. The zero-order valence-electron chi connectivity index (χ0n) is 16.5. The Morgan fingerprint density at radius 1 is 1.32 bits per heavy atom. The first kappa shape index (κ1) is 20.3. The molecule has 0 saturated carbocycles. The Bertz CT molecular complexity index is 752. The second-order valence-electron chi connectivity index (χ2n) is 7.59. The minimum Gasteiger partial charge on any atom is -0.366 e. The van der Waals surface area contributed by atoms with Crippen LogP contribution < -0.4 is 10.6 Å². The molecule has 2 aliphatic rings. The molecule has 0 aromatic heterocycles. The first-order chi connectivity index (χ1) is 13.4. The van der Waals surface area contributed by atoms with E-state index in [0.29, 0.717) is 18.5 Å². The lowest BCUT2D eigenvalue weighted by molar-refractivity contribution is -0.161. The van der Waals surface area contributed by atoms with Crippen molar-refractivity contribution >= 4 is 17.5 Å². The predicted octanol–water partition coefficient (Wildman–Crippen LogP) is 2.26. The summed E-state index contributed by atoms with van der Waals surface area (Å²) in [5.74, 6) is -0.380. The van der Waals surface area contributed by atoms with Crippen molar-refractivity contribution in [3.63, 3.8) is 0 Å². The van der Waals surface area contributed by atoms with Gasteiger partial charge in [-0.05, 0) is 38.3 Å². The van der Waals surface area contributed by atoms with E-state index < -0.39 is 12.0 Å². The summed E-state index contributed by atoms with van der Waals surface area (Å²) in [5, 5.41) is 0. The number of piperidine rings is 1. The van der Waals surface area contributed by atoms with E-state index in [0.717, 1.165) is 38.2 Å². The van der Waals surface area contributed by atoms with Crippen molar-refractivity contribution in [1.29, 1.82) is 0 Å². The second-order valence-corrected chi connectivity index (χ2v) is 7.59. The Labute approximate surface area is 166 Å². The van der Waals surface area contributed by atoms with Gasteiger partial charge in [0.15, 0.2) is 0 Å². The van der Waals surface area contributed by atoms with Crippen molar-refractivity contribution in [3.05, 3.63) is 54.6 Å². The molecule has 6 nitrogen and oxygen atoms in total. The summed E-state index contributed by atoms with van der Waals surface area (Å²) in [4.78, 5) is 28.3. The summed E-state index contributed by atoms with van der Waals surface area (Å²) in [5.41, 5.74) is 6.62. The highest BCUT2D eigenvalue weighted by Gasteiger charge is 2.45. The van der Waals surface area contributed by atoms with Gasteiger partial charge in [0.25, 0.3) is 5.91 Å². The van der Waals surface area contributed by atoms with Gasteiger partial charge >= 0.3 is 0 Å². The van der Waals surface area contributed by atoms with Crippen LogP contribution in [0.3, 0.4) is 0 Å². The lowest BCUT2D eigenvalue weighted by atomic mass is 9.88. The zero-order valence-corrected chi connectivity index (χ0v) is 16.5. The van der Waals surface area contributed by atoms with Gasteiger partial charge in [-0.2, -0.15) is 0 Å². The van der Waals surface area contributed by atoms with Crippen LogP contribution in [0.15, 0.2) is 54.6 Å². The van der Waals surface area contributed by atoms with E-state index in [9.17, 15) is 9.59 Å². The number of allylic oxidation sites excluding steroid dienone is 2. The number of carbonyl (C=O) groups excluding carboxylic acids is 2. The number of anilines is 1. The fraction of sp³-hybridized carbons (Fsp3) is 0.455. The average Bonchev–Trinajstić information content (AvgIpc) is 2.70. The third-order valence-electron chi connectivity index (χ3n) is 5.65. The van der Waals surface area contributed by atoms with E-state index in [2.05, 4.69) is 11.5 Å². The smallest absolute Gasteiger partial charge is 0.255 e. The highest BCUT2D eigenvalue weighted by molar-refractivity contribution is 5.97. The molecule has 2 aliphatic heterocycles. The number of ether oxygens (including phenoxy) is 1. The van der Waals surface area contributed by atoms with Crippen LogP contribution in [0.5, 0.6) is 0 Å². The van der Waals surface area contributed by atoms with Crippen LogP contribution in [0, 0.1) is 0 Å². The summed E-state index contributed by atoms with van der Waals surface area (Å²) in [6.07, 6.45) is 5.15. The van der Waals surface area contributed by atoms with Gasteiger partial charge in [0, 0.05) is 30.9 Å². The molecule has 3 rings (SSSR count). The van der Waals surface area contributed by atoms with Crippen molar-refractivity contribution in [3.8, 4) is 0 Å². The molecule has 0 bridgehead atoms. The van der Waals surface area contributed by atoms with Gasteiger partial charge < -0.3 is 20.3 Å². The fourth-order valence-corrected chi connectivity index (χ4v) is 4.04. The van der Waals surface area contributed by atoms with Gasteiger partial charge in [-0.25, -0.2) is 0 Å². The van der Waals surface area contributed by atoms with Crippen LogP contribution >= 0.6 is 0 Å². The zero-order chi connectivity index (χ0) is 20.1. The second kappa shape index (κ2) is 8.71. The molecule has 1 spiro atoms. The van der Waals surface area contributed by atoms with Gasteiger partial charge in [-0.1, -0.05) is 36.9 Å². The normalized spacial score (nSPS) is 23.0.